The summed E-state index contributed by atoms with van der Waals surface area (Å²) < 4.78 is 33.9. The van der Waals surface area contributed by atoms with E-state index in [1.54, 1.807) is 0 Å². The number of nitrogens with one attached hydrogen (secondary N) is 1. The summed E-state index contributed by atoms with van der Waals surface area (Å²) in [7, 11) is -0.966. The van der Waals surface area contributed by atoms with Gasteiger partial charge in [-0.15, -0.1) is 0 Å². The lowest BCUT2D eigenvalue weighted by molar-refractivity contribution is -0.126. The van der Waals surface area contributed by atoms with Crippen LogP contribution in [0.2, 0.25) is 0 Å². The third-order valence-corrected chi connectivity index (χ3v) is 4.79. The first-order valence-electron chi connectivity index (χ1n) is 7.00. The van der Waals surface area contributed by atoms with Gasteiger partial charge in [-0.05, 0) is 26.8 Å². The van der Waals surface area contributed by atoms with Gasteiger partial charge in [-0.25, -0.2) is 8.42 Å². The zero-order valence-electron chi connectivity index (χ0n) is 12.3. The van der Waals surface area contributed by atoms with Crippen LogP contribution in [0.3, 0.4) is 0 Å². The molecule has 114 valence electrons. The third-order valence-electron chi connectivity index (χ3n) is 3.76. The van der Waals surface area contributed by atoms with Crippen molar-refractivity contribution < 1.29 is 17.9 Å². The molecule has 1 saturated heterocycles. The van der Waals surface area contributed by atoms with Crippen molar-refractivity contribution in [2.75, 3.05) is 38.9 Å². The van der Waals surface area contributed by atoms with Crippen LogP contribution in [-0.2, 0) is 19.3 Å². The van der Waals surface area contributed by atoms with Crippen molar-refractivity contribution in [3.8, 4) is 0 Å². The highest BCUT2D eigenvalue weighted by atomic mass is 32.2. The largest absolute Gasteiger partial charge is 0.381 e. The van der Waals surface area contributed by atoms with Gasteiger partial charge >= 0.3 is 0 Å². The molecule has 1 unspecified atom stereocenters. The fourth-order valence-corrected chi connectivity index (χ4v) is 3.51. The first-order chi connectivity index (χ1) is 8.93. The minimum absolute atomic E-state index is 0.179. The molecule has 1 heterocycles. The smallest absolute Gasteiger partial charge is 0.147 e. The Morgan fingerprint density at radius 3 is 2.47 bits per heavy atom. The molecule has 0 aliphatic carbocycles. The van der Waals surface area contributed by atoms with Crippen LogP contribution in [0.15, 0.2) is 0 Å². The van der Waals surface area contributed by atoms with Crippen molar-refractivity contribution in [3.63, 3.8) is 0 Å². The SMILES string of the molecule is CCOC1(C(CCCS(C)(=O)=O)NC)CCOCC1. The molecule has 1 N–H and O–H groups in total. The average Bonchev–Trinajstić information content (AvgIpc) is 2.35. The Hall–Kier alpha value is -0.170. The molecule has 0 aromatic heterocycles. The molecule has 1 atom stereocenters. The van der Waals surface area contributed by atoms with Gasteiger partial charge in [0.25, 0.3) is 0 Å². The molecule has 0 aromatic rings. The normalized spacial score (nSPS) is 21.2. The van der Waals surface area contributed by atoms with Gasteiger partial charge < -0.3 is 14.8 Å². The van der Waals surface area contributed by atoms with Crippen LogP contribution in [0, 0.1) is 0 Å². The number of sulfone groups is 1. The van der Waals surface area contributed by atoms with E-state index in [2.05, 4.69) is 5.32 Å². The second-order valence-electron chi connectivity index (χ2n) is 5.22. The number of hydrogen-bond donors (Lipinski definition) is 1. The fourth-order valence-electron chi connectivity index (χ4n) is 2.82. The second-order valence-corrected chi connectivity index (χ2v) is 7.48. The maximum Gasteiger partial charge on any atom is 0.147 e. The molecule has 0 radical (unpaired) electrons. The molecule has 0 saturated carbocycles. The van der Waals surface area contributed by atoms with Crippen LogP contribution >= 0.6 is 0 Å². The molecule has 1 rings (SSSR count). The van der Waals surface area contributed by atoms with Crippen LogP contribution in [0.1, 0.15) is 32.6 Å². The van der Waals surface area contributed by atoms with Gasteiger partial charge in [-0.2, -0.15) is 0 Å². The third kappa shape index (κ3) is 5.38. The van der Waals surface area contributed by atoms with Crippen LogP contribution in [-0.4, -0.2) is 58.9 Å². The van der Waals surface area contributed by atoms with Crippen LogP contribution in [0.5, 0.6) is 0 Å². The Bertz CT molecular complexity index is 344. The Morgan fingerprint density at radius 2 is 2.00 bits per heavy atom. The predicted molar refractivity (Wildman–Crippen MR) is 76.2 cm³/mol. The summed E-state index contributed by atoms with van der Waals surface area (Å²) in [6.07, 6.45) is 4.49. The van der Waals surface area contributed by atoms with E-state index in [0.717, 1.165) is 19.3 Å². The zero-order chi connectivity index (χ0) is 14.4. The first-order valence-corrected chi connectivity index (χ1v) is 9.06. The maximum atomic E-state index is 11.2. The van der Waals surface area contributed by atoms with E-state index in [1.165, 1.54) is 6.26 Å². The Morgan fingerprint density at radius 1 is 1.37 bits per heavy atom. The summed E-state index contributed by atoms with van der Waals surface area (Å²) in [6.45, 7) is 4.10. The van der Waals surface area contributed by atoms with Crippen molar-refractivity contribution in [3.05, 3.63) is 0 Å². The summed E-state index contributed by atoms with van der Waals surface area (Å²) >= 11 is 0. The van der Waals surface area contributed by atoms with Crippen LogP contribution in [0.25, 0.3) is 0 Å². The van der Waals surface area contributed by atoms with Crippen LogP contribution in [0.4, 0.5) is 0 Å². The van der Waals surface area contributed by atoms with Crippen molar-refractivity contribution in [2.45, 2.75) is 44.2 Å². The van der Waals surface area contributed by atoms with E-state index >= 15 is 0 Å². The molecule has 1 aliphatic heterocycles. The van der Waals surface area contributed by atoms with E-state index in [0.29, 0.717) is 26.2 Å². The minimum atomic E-state index is -2.88. The number of hydrogen-bond acceptors (Lipinski definition) is 5. The lowest BCUT2D eigenvalue weighted by Crippen LogP contribution is -2.54. The molecule has 19 heavy (non-hydrogen) atoms. The van der Waals surface area contributed by atoms with Gasteiger partial charge in [-0.3, -0.25) is 0 Å². The quantitative estimate of drug-likeness (QED) is 0.723. The predicted octanol–water partition coefficient (Wildman–Crippen LogP) is 0.985. The molecule has 6 heteroatoms. The summed E-state index contributed by atoms with van der Waals surface area (Å²) in [5, 5.41) is 3.31. The molecule has 0 amide bonds. The zero-order valence-corrected chi connectivity index (χ0v) is 13.1. The van der Waals surface area contributed by atoms with Gasteiger partial charge in [0.05, 0.1) is 5.60 Å². The average molecular weight is 293 g/mol. The summed E-state index contributed by atoms with van der Waals surface area (Å²) in [6, 6.07) is 0.179. The highest BCUT2D eigenvalue weighted by molar-refractivity contribution is 7.90. The lowest BCUT2D eigenvalue weighted by atomic mass is 9.83. The van der Waals surface area contributed by atoms with Gasteiger partial charge in [-0.1, -0.05) is 0 Å². The number of rotatable bonds is 8. The van der Waals surface area contributed by atoms with E-state index in [4.69, 9.17) is 9.47 Å². The van der Waals surface area contributed by atoms with Crippen LogP contribution < -0.4 is 5.32 Å². The van der Waals surface area contributed by atoms with Gasteiger partial charge in [0, 0.05) is 50.7 Å². The highest BCUT2D eigenvalue weighted by Gasteiger charge is 2.40. The van der Waals surface area contributed by atoms with E-state index in [-0.39, 0.29) is 17.4 Å². The lowest BCUT2D eigenvalue weighted by Gasteiger charge is -2.43. The molecular formula is C13H27NO4S. The molecule has 5 nitrogen and oxygen atoms in total. The van der Waals surface area contributed by atoms with Crippen molar-refractivity contribution in [1.82, 2.24) is 5.32 Å². The standard InChI is InChI=1S/C13H27NO4S/c1-4-18-13(7-9-17-10-8-13)12(14-2)6-5-11-19(3,15)16/h12,14H,4-11H2,1-3H3. The topological polar surface area (TPSA) is 64.6 Å². The maximum absolute atomic E-state index is 11.2. The Balaban J connectivity index is 2.62. The molecule has 0 bridgehead atoms. The molecule has 1 aliphatic rings. The van der Waals surface area contributed by atoms with E-state index in [9.17, 15) is 8.42 Å². The Labute approximate surface area is 117 Å². The Kier molecular flexibility index (Phi) is 6.73. The van der Waals surface area contributed by atoms with E-state index < -0.39 is 9.84 Å². The first kappa shape index (κ1) is 16.9. The molecule has 0 aromatic carbocycles. The van der Waals surface area contributed by atoms with Crippen molar-refractivity contribution >= 4 is 9.84 Å². The fraction of sp³-hybridized carbons (Fsp3) is 1.00. The van der Waals surface area contributed by atoms with Gasteiger partial charge in [0.15, 0.2) is 0 Å². The van der Waals surface area contributed by atoms with Crippen molar-refractivity contribution in [2.24, 2.45) is 0 Å². The summed E-state index contributed by atoms with van der Waals surface area (Å²) in [5.74, 6) is 0.240. The molecular weight excluding hydrogens is 266 g/mol. The summed E-state index contributed by atoms with van der Waals surface area (Å²) in [4.78, 5) is 0. The minimum Gasteiger partial charge on any atom is -0.381 e. The highest BCUT2D eigenvalue weighted by Crippen LogP contribution is 2.31. The monoisotopic (exact) mass is 293 g/mol. The van der Waals surface area contributed by atoms with Gasteiger partial charge in [0.2, 0.25) is 0 Å². The molecule has 0 spiro atoms. The summed E-state index contributed by atoms with van der Waals surface area (Å²) in [5.41, 5.74) is -0.209. The van der Waals surface area contributed by atoms with E-state index in [1.807, 2.05) is 14.0 Å². The number of likely N-dealkylation sites (N-methyl/N-ethyl adjacent to an activating group) is 1. The van der Waals surface area contributed by atoms with Crippen molar-refractivity contribution in [1.29, 1.82) is 0 Å². The second kappa shape index (κ2) is 7.57. The number of ether oxygens (including phenoxy) is 2. The van der Waals surface area contributed by atoms with Gasteiger partial charge in [0.1, 0.15) is 9.84 Å². The molecule has 1 fully saturated rings.